The van der Waals surface area contributed by atoms with Crippen LogP contribution in [0.3, 0.4) is 0 Å². The lowest BCUT2D eigenvalue weighted by atomic mass is 10.2. The summed E-state index contributed by atoms with van der Waals surface area (Å²) < 4.78 is 1.78. The Kier molecular flexibility index (Phi) is 4.17. The van der Waals surface area contributed by atoms with Gasteiger partial charge in [-0.15, -0.1) is 0 Å². The molecule has 3 aromatic heterocycles. The molecular formula is C19H14N6O. The van der Waals surface area contributed by atoms with Crippen molar-refractivity contribution in [3.05, 3.63) is 85.3 Å². The topological polar surface area (TPSA) is 85.6 Å². The molecule has 1 aromatic carbocycles. The van der Waals surface area contributed by atoms with Gasteiger partial charge in [0.15, 0.2) is 5.82 Å². The molecule has 26 heavy (non-hydrogen) atoms. The number of amides is 1. The summed E-state index contributed by atoms with van der Waals surface area (Å²) in [5, 5.41) is 2.78. The molecule has 0 saturated carbocycles. The summed E-state index contributed by atoms with van der Waals surface area (Å²) in [6.07, 6.45) is 9.75. The van der Waals surface area contributed by atoms with E-state index in [1.807, 2.05) is 30.3 Å². The van der Waals surface area contributed by atoms with E-state index in [9.17, 15) is 4.79 Å². The van der Waals surface area contributed by atoms with Gasteiger partial charge >= 0.3 is 0 Å². The van der Waals surface area contributed by atoms with Gasteiger partial charge in [-0.05, 0) is 12.1 Å². The van der Waals surface area contributed by atoms with E-state index in [0.29, 0.717) is 17.1 Å². The third kappa shape index (κ3) is 3.32. The average molecular weight is 342 g/mol. The quantitative estimate of drug-likeness (QED) is 0.616. The van der Waals surface area contributed by atoms with Crippen LogP contribution in [-0.2, 0) is 0 Å². The van der Waals surface area contributed by atoms with E-state index in [1.54, 1.807) is 41.6 Å². The van der Waals surface area contributed by atoms with Crippen molar-refractivity contribution in [3.8, 4) is 17.2 Å². The lowest BCUT2D eigenvalue weighted by Crippen LogP contribution is -2.13. The first-order valence-electron chi connectivity index (χ1n) is 7.93. The minimum absolute atomic E-state index is 0.290. The van der Waals surface area contributed by atoms with Crippen LogP contribution in [0.15, 0.2) is 79.8 Å². The van der Waals surface area contributed by atoms with Crippen molar-refractivity contribution in [1.29, 1.82) is 0 Å². The van der Waals surface area contributed by atoms with Crippen molar-refractivity contribution in [2.75, 3.05) is 5.32 Å². The molecule has 4 rings (SSSR count). The fourth-order valence-electron chi connectivity index (χ4n) is 2.39. The molecule has 1 amide bonds. The summed E-state index contributed by atoms with van der Waals surface area (Å²) in [7, 11) is 0. The molecule has 0 aliphatic rings. The zero-order chi connectivity index (χ0) is 17.8. The number of rotatable bonds is 4. The van der Waals surface area contributed by atoms with Gasteiger partial charge < -0.3 is 5.32 Å². The van der Waals surface area contributed by atoms with Crippen LogP contribution in [0.2, 0.25) is 0 Å². The number of imidazole rings is 1. The number of nitrogens with zero attached hydrogens (tertiary/aromatic N) is 5. The molecule has 0 bridgehead atoms. The second-order valence-electron chi connectivity index (χ2n) is 5.49. The van der Waals surface area contributed by atoms with Gasteiger partial charge in [-0.25, -0.2) is 19.9 Å². The normalized spacial score (nSPS) is 10.5. The van der Waals surface area contributed by atoms with Gasteiger partial charge in [0.25, 0.3) is 5.91 Å². The van der Waals surface area contributed by atoms with Crippen molar-refractivity contribution < 1.29 is 4.79 Å². The Morgan fingerprint density at radius 1 is 0.923 bits per heavy atom. The van der Waals surface area contributed by atoms with Crippen molar-refractivity contribution in [2.24, 2.45) is 0 Å². The molecule has 0 aliphatic carbocycles. The minimum atomic E-state index is -0.290. The first kappa shape index (κ1) is 15.6. The van der Waals surface area contributed by atoms with Crippen LogP contribution in [-0.4, -0.2) is 30.4 Å². The van der Waals surface area contributed by atoms with Crippen molar-refractivity contribution in [2.45, 2.75) is 0 Å². The first-order valence-corrected chi connectivity index (χ1v) is 7.93. The maximum Gasteiger partial charge on any atom is 0.258 e. The van der Waals surface area contributed by atoms with E-state index in [2.05, 4.69) is 25.3 Å². The highest BCUT2D eigenvalue weighted by atomic mass is 16.1. The molecule has 0 aliphatic heterocycles. The third-order valence-corrected chi connectivity index (χ3v) is 3.72. The molecular weight excluding hydrogens is 328 g/mol. The van der Waals surface area contributed by atoms with Gasteiger partial charge in [-0.3, -0.25) is 9.36 Å². The van der Waals surface area contributed by atoms with Crippen LogP contribution in [0, 0.1) is 0 Å². The van der Waals surface area contributed by atoms with Crippen LogP contribution in [0.1, 0.15) is 10.4 Å². The maximum absolute atomic E-state index is 12.3. The zero-order valence-corrected chi connectivity index (χ0v) is 13.6. The number of aromatic nitrogens is 5. The number of hydrogen-bond acceptors (Lipinski definition) is 5. The predicted octanol–water partition coefficient (Wildman–Crippen LogP) is 2.98. The number of pyridine rings is 1. The second kappa shape index (κ2) is 6.94. The predicted molar refractivity (Wildman–Crippen MR) is 96.8 cm³/mol. The monoisotopic (exact) mass is 342 g/mol. The van der Waals surface area contributed by atoms with Crippen LogP contribution >= 0.6 is 0 Å². The summed E-state index contributed by atoms with van der Waals surface area (Å²) in [5.41, 5.74) is 1.87. The molecule has 126 valence electrons. The van der Waals surface area contributed by atoms with Gasteiger partial charge in [0, 0.05) is 30.4 Å². The van der Waals surface area contributed by atoms with Gasteiger partial charge in [0.2, 0.25) is 0 Å². The largest absolute Gasteiger partial charge is 0.320 e. The van der Waals surface area contributed by atoms with Gasteiger partial charge in [0.05, 0.1) is 17.4 Å². The molecule has 1 N–H and O–H groups in total. The third-order valence-electron chi connectivity index (χ3n) is 3.72. The molecule has 0 saturated heterocycles. The van der Waals surface area contributed by atoms with E-state index in [-0.39, 0.29) is 5.91 Å². The highest BCUT2D eigenvalue weighted by Crippen LogP contribution is 2.14. The number of carbonyl (C=O) groups excluding carboxylic acids is 1. The van der Waals surface area contributed by atoms with Crippen LogP contribution < -0.4 is 5.32 Å². The summed E-state index contributed by atoms with van der Waals surface area (Å²) in [6.45, 7) is 0. The van der Waals surface area contributed by atoms with E-state index < -0.39 is 0 Å². The molecule has 0 radical (unpaired) electrons. The standard InChI is InChI=1S/C19H14N6O/c26-19(15-10-22-18(23-11-15)14-4-2-1-3-5-14)24-16-6-7-17(21-12-16)25-9-8-20-13-25/h1-13H,(H,24,26). The van der Waals surface area contributed by atoms with E-state index in [0.717, 1.165) is 11.4 Å². The van der Waals surface area contributed by atoms with Gasteiger partial charge in [-0.1, -0.05) is 30.3 Å². The number of anilines is 1. The lowest BCUT2D eigenvalue weighted by Gasteiger charge is -2.06. The number of benzene rings is 1. The van der Waals surface area contributed by atoms with Crippen molar-refractivity contribution >= 4 is 11.6 Å². The molecule has 4 aromatic rings. The van der Waals surface area contributed by atoms with Crippen molar-refractivity contribution in [3.63, 3.8) is 0 Å². The fraction of sp³-hybridized carbons (Fsp3) is 0. The molecule has 0 fully saturated rings. The number of nitrogens with one attached hydrogen (secondary N) is 1. The SMILES string of the molecule is O=C(Nc1ccc(-n2ccnc2)nc1)c1cnc(-c2ccccc2)nc1. The molecule has 7 heteroatoms. The second-order valence-corrected chi connectivity index (χ2v) is 5.49. The summed E-state index contributed by atoms with van der Waals surface area (Å²) in [4.78, 5) is 29.1. The van der Waals surface area contributed by atoms with Crippen LogP contribution in [0.25, 0.3) is 17.2 Å². The van der Waals surface area contributed by atoms with E-state index in [1.165, 1.54) is 12.4 Å². The smallest absolute Gasteiger partial charge is 0.258 e. The minimum Gasteiger partial charge on any atom is -0.320 e. The van der Waals surface area contributed by atoms with Gasteiger partial charge in [0.1, 0.15) is 12.1 Å². The van der Waals surface area contributed by atoms with Crippen LogP contribution in [0.4, 0.5) is 5.69 Å². The van der Waals surface area contributed by atoms with E-state index in [4.69, 9.17) is 0 Å². The lowest BCUT2D eigenvalue weighted by molar-refractivity contribution is 0.102. The average Bonchev–Trinajstić information content (AvgIpc) is 3.24. The Bertz CT molecular complexity index is 996. The molecule has 0 spiro atoms. The summed E-state index contributed by atoms with van der Waals surface area (Å²) in [5.74, 6) is 1.01. The summed E-state index contributed by atoms with van der Waals surface area (Å²) >= 11 is 0. The highest BCUT2D eigenvalue weighted by Gasteiger charge is 2.09. The Labute approximate surface area is 149 Å². The molecule has 0 atom stereocenters. The van der Waals surface area contributed by atoms with Crippen molar-refractivity contribution in [1.82, 2.24) is 24.5 Å². The van der Waals surface area contributed by atoms with E-state index >= 15 is 0 Å². The Balaban J connectivity index is 1.46. The highest BCUT2D eigenvalue weighted by molar-refractivity contribution is 6.03. The summed E-state index contributed by atoms with van der Waals surface area (Å²) in [6, 6.07) is 13.2. The fourth-order valence-corrected chi connectivity index (χ4v) is 2.39. The molecule has 0 unspecified atom stereocenters. The zero-order valence-electron chi connectivity index (χ0n) is 13.6. The van der Waals surface area contributed by atoms with Gasteiger partial charge in [-0.2, -0.15) is 0 Å². The molecule has 3 heterocycles. The first-order chi connectivity index (χ1) is 12.8. The Morgan fingerprint density at radius 2 is 1.73 bits per heavy atom. The Morgan fingerprint density at radius 3 is 2.38 bits per heavy atom. The van der Waals surface area contributed by atoms with Crippen LogP contribution in [0.5, 0.6) is 0 Å². The maximum atomic E-state index is 12.3. The number of carbonyl (C=O) groups is 1. The Hall–Kier alpha value is -3.87. The number of hydrogen-bond donors (Lipinski definition) is 1. The molecule has 7 nitrogen and oxygen atoms in total.